The van der Waals surface area contributed by atoms with E-state index >= 15 is 0 Å². The smallest absolute Gasteiger partial charge is 0.383 e. The lowest BCUT2D eigenvalue weighted by Crippen LogP contribution is -2.08. The van der Waals surface area contributed by atoms with Crippen LogP contribution in [0.2, 0.25) is 0 Å². The lowest BCUT2D eigenvalue weighted by atomic mass is 10.0. The maximum atomic E-state index is 12.8. The van der Waals surface area contributed by atoms with Gasteiger partial charge in [0.2, 0.25) is 0 Å². The molecular formula is C13H10BrF3OS. The fourth-order valence-corrected chi connectivity index (χ4v) is 3.16. The highest BCUT2D eigenvalue weighted by atomic mass is 79.9. The molecule has 1 atom stereocenters. The largest absolute Gasteiger partial charge is 0.417 e. The van der Waals surface area contributed by atoms with E-state index in [1.165, 1.54) is 23.5 Å². The Bertz CT molecular complexity index is 592. The third-order valence-corrected chi connectivity index (χ3v) is 4.52. The van der Waals surface area contributed by atoms with Crippen molar-refractivity contribution in [2.24, 2.45) is 0 Å². The monoisotopic (exact) mass is 350 g/mol. The number of hydrogen-bond acceptors (Lipinski definition) is 2. The summed E-state index contributed by atoms with van der Waals surface area (Å²) in [5.41, 5.74) is 0.327. The van der Waals surface area contributed by atoms with E-state index in [1.54, 1.807) is 5.38 Å². The molecule has 0 spiro atoms. The summed E-state index contributed by atoms with van der Waals surface area (Å²) in [6.07, 6.45) is -5.48. The lowest BCUT2D eigenvalue weighted by Gasteiger charge is -2.15. The second-order valence-electron chi connectivity index (χ2n) is 4.11. The van der Waals surface area contributed by atoms with E-state index in [-0.39, 0.29) is 10.0 Å². The quantitative estimate of drug-likeness (QED) is 0.814. The predicted octanol–water partition coefficient (Wildman–Crippen LogP) is 4.92. The Morgan fingerprint density at radius 1 is 1.26 bits per heavy atom. The summed E-state index contributed by atoms with van der Waals surface area (Å²) in [6, 6.07) is 5.61. The normalized spacial score (nSPS) is 13.6. The van der Waals surface area contributed by atoms with Crippen molar-refractivity contribution >= 4 is 27.3 Å². The first kappa shape index (κ1) is 14.6. The molecule has 0 saturated heterocycles. The molecule has 2 rings (SSSR count). The van der Waals surface area contributed by atoms with Gasteiger partial charge in [-0.2, -0.15) is 13.2 Å². The third-order valence-electron chi connectivity index (χ3n) is 2.76. The van der Waals surface area contributed by atoms with E-state index in [1.807, 2.05) is 13.0 Å². The maximum Gasteiger partial charge on any atom is 0.417 e. The van der Waals surface area contributed by atoms with E-state index < -0.39 is 17.8 Å². The summed E-state index contributed by atoms with van der Waals surface area (Å²) in [5.74, 6) is 0. The Morgan fingerprint density at radius 2 is 1.95 bits per heavy atom. The summed E-state index contributed by atoms with van der Waals surface area (Å²) in [5, 5.41) is 12.0. The first-order chi connectivity index (χ1) is 8.80. The molecule has 1 aromatic heterocycles. The van der Waals surface area contributed by atoms with Crippen LogP contribution in [-0.2, 0) is 6.18 Å². The maximum absolute atomic E-state index is 12.8. The van der Waals surface area contributed by atoms with E-state index in [2.05, 4.69) is 15.9 Å². The van der Waals surface area contributed by atoms with Gasteiger partial charge in [-0.15, -0.1) is 11.3 Å². The molecule has 0 bridgehead atoms. The Kier molecular flexibility index (Phi) is 4.03. The van der Waals surface area contributed by atoms with Crippen LogP contribution in [0.4, 0.5) is 13.2 Å². The van der Waals surface area contributed by atoms with Crippen LogP contribution >= 0.6 is 27.3 Å². The molecule has 0 aliphatic carbocycles. The van der Waals surface area contributed by atoms with Gasteiger partial charge in [0.1, 0.15) is 6.10 Å². The minimum atomic E-state index is -4.45. The van der Waals surface area contributed by atoms with Gasteiger partial charge in [0, 0.05) is 9.35 Å². The van der Waals surface area contributed by atoms with Crippen molar-refractivity contribution in [1.82, 2.24) is 0 Å². The fraction of sp³-hybridized carbons (Fsp3) is 0.231. The van der Waals surface area contributed by atoms with Crippen molar-refractivity contribution in [2.45, 2.75) is 19.2 Å². The number of halogens is 4. The highest BCUT2D eigenvalue weighted by Gasteiger charge is 2.33. The van der Waals surface area contributed by atoms with Gasteiger partial charge in [-0.1, -0.05) is 22.0 Å². The minimum Gasteiger partial charge on any atom is -0.383 e. The second kappa shape index (κ2) is 5.26. The topological polar surface area (TPSA) is 20.2 Å². The van der Waals surface area contributed by atoms with E-state index in [0.29, 0.717) is 4.88 Å². The van der Waals surface area contributed by atoms with Crippen LogP contribution in [0.1, 0.15) is 27.7 Å². The number of aryl methyl sites for hydroxylation is 1. The SMILES string of the molecule is Cc1ccsc1C(O)c1ccc(Br)c(C(F)(F)F)c1. The number of aliphatic hydroxyl groups excluding tert-OH is 1. The van der Waals surface area contributed by atoms with Crippen LogP contribution in [0.5, 0.6) is 0 Å². The molecule has 0 aliphatic heterocycles. The van der Waals surface area contributed by atoms with Crippen LogP contribution in [-0.4, -0.2) is 5.11 Å². The number of hydrogen-bond donors (Lipinski definition) is 1. The van der Waals surface area contributed by atoms with Crippen molar-refractivity contribution in [3.8, 4) is 0 Å². The summed E-state index contributed by atoms with van der Waals surface area (Å²) in [7, 11) is 0. The number of aliphatic hydroxyl groups is 1. The van der Waals surface area contributed by atoms with Gasteiger partial charge in [0.15, 0.2) is 0 Å². The first-order valence-corrected chi connectivity index (χ1v) is 7.06. The number of alkyl halides is 3. The standard InChI is InChI=1S/C13H10BrF3OS/c1-7-4-5-19-12(7)11(18)8-2-3-10(14)9(6-8)13(15,16)17/h2-6,11,18H,1H3. The number of rotatable bonds is 2. The Balaban J connectivity index is 2.44. The summed E-state index contributed by atoms with van der Waals surface area (Å²) >= 11 is 4.21. The molecule has 0 saturated carbocycles. The molecule has 19 heavy (non-hydrogen) atoms. The molecule has 1 nitrogen and oxygen atoms in total. The molecule has 0 radical (unpaired) electrons. The average Bonchev–Trinajstić information content (AvgIpc) is 2.73. The van der Waals surface area contributed by atoms with Gasteiger partial charge in [0.25, 0.3) is 0 Å². The van der Waals surface area contributed by atoms with Crippen LogP contribution < -0.4 is 0 Å². The highest BCUT2D eigenvalue weighted by molar-refractivity contribution is 9.10. The van der Waals surface area contributed by atoms with Crippen molar-refractivity contribution in [1.29, 1.82) is 0 Å². The molecule has 2 aromatic rings. The molecule has 1 unspecified atom stereocenters. The zero-order valence-electron chi connectivity index (χ0n) is 9.83. The number of thiophene rings is 1. The molecule has 1 heterocycles. The Labute approximate surface area is 120 Å². The summed E-state index contributed by atoms with van der Waals surface area (Å²) < 4.78 is 38.4. The van der Waals surface area contributed by atoms with Crippen molar-refractivity contribution in [3.63, 3.8) is 0 Å². The van der Waals surface area contributed by atoms with Crippen LogP contribution in [0.3, 0.4) is 0 Å². The van der Waals surface area contributed by atoms with Crippen LogP contribution in [0.25, 0.3) is 0 Å². The lowest BCUT2D eigenvalue weighted by molar-refractivity contribution is -0.138. The van der Waals surface area contributed by atoms with Crippen molar-refractivity contribution < 1.29 is 18.3 Å². The molecule has 6 heteroatoms. The Hall–Kier alpha value is -0.850. The molecule has 0 fully saturated rings. The van der Waals surface area contributed by atoms with Gasteiger partial charge in [-0.05, 0) is 41.6 Å². The van der Waals surface area contributed by atoms with Gasteiger partial charge < -0.3 is 5.11 Å². The highest BCUT2D eigenvalue weighted by Crippen LogP contribution is 2.38. The van der Waals surface area contributed by atoms with E-state index in [4.69, 9.17) is 0 Å². The second-order valence-corrected chi connectivity index (χ2v) is 5.91. The summed E-state index contributed by atoms with van der Waals surface area (Å²) in [6.45, 7) is 1.82. The summed E-state index contributed by atoms with van der Waals surface area (Å²) in [4.78, 5) is 0.662. The van der Waals surface area contributed by atoms with Crippen molar-refractivity contribution in [3.05, 3.63) is 55.7 Å². The molecule has 0 aliphatic rings. The van der Waals surface area contributed by atoms with Gasteiger partial charge in [0.05, 0.1) is 5.56 Å². The minimum absolute atomic E-state index is 0.0288. The van der Waals surface area contributed by atoms with Crippen LogP contribution in [0, 0.1) is 6.92 Å². The van der Waals surface area contributed by atoms with Gasteiger partial charge in [-0.3, -0.25) is 0 Å². The average molecular weight is 351 g/mol. The molecular weight excluding hydrogens is 341 g/mol. The zero-order chi connectivity index (χ0) is 14.2. The van der Waals surface area contributed by atoms with E-state index in [9.17, 15) is 18.3 Å². The van der Waals surface area contributed by atoms with Crippen molar-refractivity contribution in [2.75, 3.05) is 0 Å². The molecule has 1 N–H and O–H groups in total. The number of benzene rings is 1. The fourth-order valence-electron chi connectivity index (χ4n) is 1.75. The third kappa shape index (κ3) is 3.01. The van der Waals surface area contributed by atoms with E-state index in [0.717, 1.165) is 11.6 Å². The van der Waals surface area contributed by atoms with Gasteiger partial charge in [-0.25, -0.2) is 0 Å². The molecule has 102 valence electrons. The first-order valence-electron chi connectivity index (χ1n) is 5.39. The Morgan fingerprint density at radius 3 is 2.47 bits per heavy atom. The predicted molar refractivity (Wildman–Crippen MR) is 72.3 cm³/mol. The molecule has 0 amide bonds. The van der Waals surface area contributed by atoms with Gasteiger partial charge >= 0.3 is 6.18 Å². The van der Waals surface area contributed by atoms with Crippen LogP contribution in [0.15, 0.2) is 34.1 Å². The zero-order valence-corrected chi connectivity index (χ0v) is 12.2. The molecule has 1 aromatic carbocycles.